The van der Waals surface area contributed by atoms with Crippen LogP contribution < -0.4 is 11.3 Å². The third-order valence-corrected chi connectivity index (χ3v) is 2.39. The molecule has 0 aliphatic carbocycles. The number of hydrazine groups is 1. The maximum Gasteiger partial charge on any atom is 0.251 e. The number of hydrogen-bond acceptors (Lipinski definition) is 3. The minimum absolute atomic E-state index is 0.294. The van der Waals surface area contributed by atoms with Gasteiger partial charge in [0.15, 0.2) is 0 Å². The predicted octanol–water partition coefficient (Wildman–Crippen LogP) is 0.956. The summed E-state index contributed by atoms with van der Waals surface area (Å²) in [5.74, 6) is 4.72. The fourth-order valence-corrected chi connectivity index (χ4v) is 1.48. The molecule has 0 aliphatic heterocycles. The Kier molecular flexibility index (Phi) is 3.33. The summed E-state index contributed by atoms with van der Waals surface area (Å²) >= 11 is 4.17. The molecule has 0 heterocycles. The maximum atomic E-state index is 11.2. The summed E-state index contributed by atoms with van der Waals surface area (Å²) in [5.41, 5.74) is 3.99. The summed E-state index contributed by atoms with van der Waals surface area (Å²) in [6.07, 6.45) is 0. The molecule has 0 aromatic heterocycles. The minimum Gasteiger partial charge on any atom is -0.293 e. The zero-order chi connectivity index (χ0) is 9.84. The SMILES string of the molecule is Cc1ccccc1C(S)C(=O)NN. The van der Waals surface area contributed by atoms with Gasteiger partial charge in [-0.15, -0.1) is 0 Å². The highest BCUT2D eigenvalue weighted by atomic mass is 32.1. The third kappa shape index (κ3) is 2.23. The lowest BCUT2D eigenvalue weighted by Crippen LogP contribution is -2.33. The second-order valence-electron chi connectivity index (χ2n) is 2.77. The number of nitrogens with one attached hydrogen (secondary N) is 1. The van der Waals surface area contributed by atoms with Crippen molar-refractivity contribution in [2.45, 2.75) is 12.2 Å². The number of carbonyl (C=O) groups excluding carboxylic acids is 1. The zero-order valence-corrected chi connectivity index (χ0v) is 8.21. The molecule has 1 amide bonds. The van der Waals surface area contributed by atoms with Crippen molar-refractivity contribution in [2.24, 2.45) is 5.84 Å². The molecule has 3 nitrogen and oxygen atoms in total. The molecule has 0 radical (unpaired) electrons. The number of carbonyl (C=O) groups is 1. The maximum absolute atomic E-state index is 11.2. The second-order valence-corrected chi connectivity index (χ2v) is 3.28. The number of amides is 1. The third-order valence-electron chi connectivity index (χ3n) is 1.87. The summed E-state index contributed by atoms with van der Waals surface area (Å²) in [6.45, 7) is 1.93. The highest BCUT2D eigenvalue weighted by molar-refractivity contribution is 7.81. The molecule has 0 bridgehead atoms. The Hall–Kier alpha value is -1.00. The number of hydrogen-bond donors (Lipinski definition) is 3. The molecule has 1 aromatic rings. The van der Waals surface area contributed by atoms with Gasteiger partial charge in [0.05, 0.1) is 0 Å². The molecule has 4 heteroatoms. The van der Waals surface area contributed by atoms with Crippen LogP contribution in [0.15, 0.2) is 24.3 Å². The molecular weight excluding hydrogens is 184 g/mol. The van der Waals surface area contributed by atoms with Gasteiger partial charge in [0.1, 0.15) is 5.25 Å². The molecule has 13 heavy (non-hydrogen) atoms. The Bertz CT molecular complexity index is 314. The van der Waals surface area contributed by atoms with Gasteiger partial charge in [0, 0.05) is 0 Å². The number of nitrogens with two attached hydrogens (primary N) is 1. The van der Waals surface area contributed by atoms with Gasteiger partial charge in [0.2, 0.25) is 0 Å². The van der Waals surface area contributed by atoms with E-state index in [4.69, 9.17) is 5.84 Å². The van der Waals surface area contributed by atoms with Crippen LogP contribution in [0.5, 0.6) is 0 Å². The smallest absolute Gasteiger partial charge is 0.251 e. The molecule has 0 spiro atoms. The molecule has 1 aromatic carbocycles. The van der Waals surface area contributed by atoms with Crippen molar-refractivity contribution in [3.05, 3.63) is 35.4 Å². The van der Waals surface area contributed by atoms with E-state index in [1.165, 1.54) is 0 Å². The number of benzene rings is 1. The van der Waals surface area contributed by atoms with Crippen molar-refractivity contribution in [2.75, 3.05) is 0 Å². The van der Waals surface area contributed by atoms with E-state index in [1.807, 2.05) is 31.2 Å². The van der Waals surface area contributed by atoms with E-state index >= 15 is 0 Å². The van der Waals surface area contributed by atoms with Gasteiger partial charge in [-0.2, -0.15) is 12.6 Å². The van der Waals surface area contributed by atoms with Crippen LogP contribution in [0.3, 0.4) is 0 Å². The fourth-order valence-electron chi connectivity index (χ4n) is 1.11. The van der Waals surface area contributed by atoms with Crippen molar-refractivity contribution in [1.82, 2.24) is 5.43 Å². The molecule has 1 unspecified atom stereocenters. The first kappa shape index (κ1) is 10.1. The average molecular weight is 196 g/mol. The van der Waals surface area contributed by atoms with Gasteiger partial charge in [-0.1, -0.05) is 24.3 Å². The molecule has 0 saturated carbocycles. The van der Waals surface area contributed by atoms with E-state index in [1.54, 1.807) is 0 Å². The molecule has 1 rings (SSSR count). The second kappa shape index (κ2) is 4.30. The topological polar surface area (TPSA) is 55.1 Å². The average Bonchev–Trinajstić information content (AvgIpc) is 2.16. The largest absolute Gasteiger partial charge is 0.293 e. The summed E-state index contributed by atoms with van der Waals surface area (Å²) in [6, 6.07) is 7.58. The van der Waals surface area contributed by atoms with Crippen LogP contribution in [0.2, 0.25) is 0 Å². The highest BCUT2D eigenvalue weighted by Crippen LogP contribution is 2.22. The summed E-state index contributed by atoms with van der Waals surface area (Å²) < 4.78 is 0. The first-order valence-corrected chi connectivity index (χ1v) is 4.42. The lowest BCUT2D eigenvalue weighted by molar-refractivity contribution is -0.120. The standard InChI is InChI=1S/C9H12N2OS/c1-6-4-2-3-5-7(6)8(13)9(12)11-10/h2-5,8,13H,10H2,1H3,(H,11,12). The van der Waals surface area contributed by atoms with Crippen LogP contribution in [0.4, 0.5) is 0 Å². The van der Waals surface area contributed by atoms with Gasteiger partial charge < -0.3 is 0 Å². The lowest BCUT2D eigenvalue weighted by atomic mass is 10.1. The minimum atomic E-state index is -0.494. The van der Waals surface area contributed by atoms with Crippen LogP contribution in [0, 0.1) is 6.92 Å². The molecular formula is C9H12N2OS. The van der Waals surface area contributed by atoms with Crippen LogP contribution in [0.1, 0.15) is 16.4 Å². The Labute approximate surface area is 82.7 Å². The van der Waals surface area contributed by atoms with Crippen LogP contribution in [-0.2, 0) is 4.79 Å². The number of thiol groups is 1. The Morgan fingerprint density at radius 1 is 1.54 bits per heavy atom. The number of aryl methyl sites for hydroxylation is 1. The Morgan fingerprint density at radius 3 is 2.69 bits per heavy atom. The fraction of sp³-hybridized carbons (Fsp3) is 0.222. The molecule has 1 atom stereocenters. The Balaban J connectivity index is 2.95. The molecule has 70 valence electrons. The van der Waals surface area contributed by atoms with E-state index in [2.05, 4.69) is 18.1 Å². The molecule has 0 fully saturated rings. The van der Waals surface area contributed by atoms with E-state index < -0.39 is 5.25 Å². The molecule has 3 N–H and O–H groups in total. The van der Waals surface area contributed by atoms with E-state index in [0.29, 0.717) is 0 Å². The van der Waals surface area contributed by atoms with Crippen LogP contribution in [0.25, 0.3) is 0 Å². The van der Waals surface area contributed by atoms with Crippen molar-refractivity contribution >= 4 is 18.5 Å². The first-order valence-electron chi connectivity index (χ1n) is 3.91. The van der Waals surface area contributed by atoms with Gasteiger partial charge >= 0.3 is 0 Å². The van der Waals surface area contributed by atoms with E-state index in [-0.39, 0.29) is 5.91 Å². The highest BCUT2D eigenvalue weighted by Gasteiger charge is 2.15. The van der Waals surface area contributed by atoms with Gasteiger partial charge in [-0.25, -0.2) is 5.84 Å². The van der Waals surface area contributed by atoms with Crippen molar-refractivity contribution in [3.63, 3.8) is 0 Å². The predicted molar refractivity (Wildman–Crippen MR) is 55.2 cm³/mol. The van der Waals surface area contributed by atoms with Crippen molar-refractivity contribution in [3.8, 4) is 0 Å². The monoisotopic (exact) mass is 196 g/mol. The first-order chi connectivity index (χ1) is 6.16. The van der Waals surface area contributed by atoms with E-state index in [0.717, 1.165) is 11.1 Å². The van der Waals surface area contributed by atoms with Crippen molar-refractivity contribution < 1.29 is 4.79 Å². The summed E-state index contributed by atoms with van der Waals surface area (Å²) in [5, 5.41) is -0.494. The Morgan fingerprint density at radius 2 is 2.15 bits per heavy atom. The normalized spacial score (nSPS) is 12.2. The quantitative estimate of drug-likeness (QED) is 0.285. The van der Waals surface area contributed by atoms with Crippen LogP contribution >= 0.6 is 12.6 Å². The lowest BCUT2D eigenvalue weighted by Gasteiger charge is -2.11. The van der Waals surface area contributed by atoms with Gasteiger partial charge in [-0.3, -0.25) is 10.2 Å². The molecule has 0 aliphatic rings. The van der Waals surface area contributed by atoms with Crippen LogP contribution in [-0.4, -0.2) is 5.91 Å². The molecule has 0 saturated heterocycles. The van der Waals surface area contributed by atoms with E-state index in [9.17, 15) is 4.79 Å². The summed E-state index contributed by atoms with van der Waals surface area (Å²) in [7, 11) is 0. The zero-order valence-electron chi connectivity index (χ0n) is 7.32. The van der Waals surface area contributed by atoms with Crippen molar-refractivity contribution in [1.29, 1.82) is 0 Å². The van der Waals surface area contributed by atoms with Gasteiger partial charge in [0.25, 0.3) is 5.91 Å². The summed E-state index contributed by atoms with van der Waals surface area (Å²) in [4.78, 5) is 11.2. The number of rotatable bonds is 2. The van der Waals surface area contributed by atoms with Gasteiger partial charge in [-0.05, 0) is 18.1 Å².